The van der Waals surface area contributed by atoms with Crippen molar-refractivity contribution < 1.29 is 23.2 Å². The fourth-order valence-corrected chi connectivity index (χ4v) is 2.99. The van der Waals surface area contributed by atoms with Crippen LogP contribution in [0.1, 0.15) is 12.0 Å². The van der Waals surface area contributed by atoms with Gasteiger partial charge < -0.3 is 15.0 Å². The quantitative estimate of drug-likeness (QED) is 0.618. The van der Waals surface area contributed by atoms with Gasteiger partial charge in [-0.15, -0.1) is 0 Å². The normalized spacial score (nSPS) is 16.5. The van der Waals surface area contributed by atoms with Gasteiger partial charge >= 0.3 is 5.69 Å². The summed E-state index contributed by atoms with van der Waals surface area (Å²) in [5.74, 6) is -1.52. The van der Waals surface area contributed by atoms with Crippen LogP contribution in [0.4, 0.5) is 20.2 Å². The summed E-state index contributed by atoms with van der Waals surface area (Å²) < 4.78 is 32.1. The van der Waals surface area contributed by atoms with Crippen LogP contribution in [0.15, 0.2) is 36.4 Å². The molecule has 142 valence electrons. The summed E-state index contributed by atoms with van der Waals surface area (Å²) in [5, 5.41) is 13.7. The van der Waals surface area contributed by atoms with Gasteiger partial charge in [-0.1, -0.05) is 12.1 Å². The number of methoxy groups -OCH3 is 1. The Labute approximate surface area is 153 Å². The zero-order valence-corrected chi connectivity index (χ0v) is 14.4. The Balaban J connectivity index is 1.72. The standard InChI is InChI=1S/C18H17F2N3O4/c1-27-17-9-15(13(20)8-16(17)23(25)26)21-14-6-7-22(18(14)24)10-11-2-4-12(19)5-3-11/h2-5,8-9,14,21H,6-7,10H2,1H3. The van der Waals surface area contributed by atoms with Crippen LogP contribution in [0.3, 0.4) is 0 Å². The van der Waals surface area contributed by atoms with Crippen LogP contribution in [0.5, 0.6) is 5.75 Å². The third-order valence-corrected chi connectivity index (χ3v) is 4.38. The van der Waals surface area contributed by atoms with E-state index in [2.05, 4.69) is 5.32 Å². The molecule has 1 saturated heterocycles. The molecule has 1 unspecified atom stereocenters. The lowest BCUT2D eigenvalue weighted by molar-refractivity contribution is -0.385. The van der Waals surface area contributed by atoms with Crippen molar-refractivity contribution in [2.24, 2.45) is 0 Å². The van der Waals surface area contributed by atoms with Gasteiger partial charge in [0.2, 0.25) is 5.91 Å². The monoisotopic (exact) mass is 377 g/mol. The number of halogens is 2. The van der Waals surface area contributed by atoms with E-state index >= 15 is 0 Å². The van der Waals surface area contributed by atoms with Gasteiger partial charge in [-0.3, -0.25) is 14.9 Å². The number of anilines is 1. The number of ether oxygens (including phenoxy) is 1. The largest absolute Gasteiger partial charge is 0.490 e. The van der Waals surface area contributed by atoms with E-state index in [0.29, 0.717) is 19.5 Å². The topological polar surface area (TPSA) is 84.7 Å². The first kappa shape index (κ1) is 18.6. The van der Waals surface area contributed by atoms with Gasteiger partial charge in [0, 0.05) is 19.2 Å². The molecule has 0 aliphatic carbocycles. The van der Waals surface area contributed by atoms with E-state index in [9.17, 15) is 23.7 Å². The van der Waals surface area contributed by atoms with Crippen LogP contribution in [0.2, 0.25) is 0 Å². The Bertz CT molecular complexity index is 874. The van der Waals surface area contributed by atoms with E-state index in [-0.39, 0.29) is 23.2 Å². The molecule has 1 amide bonds. The summed E-state index contributed by atoms with van der Waals surface area (Å²) >= 11 is 0. The maximum Gasteiger partial charge on any atom is 0.313 e. The number of hydrogen-bond acceptors (Lipinski definition) is 5. The molecule has 2 aromatic carbocycles. The second-order valence-electron chi connectivity index (χ2n) is 6.13. The van der Waals surface area contributed by atoms with E-state index in [4.69, 9.17) is 4.74 Å². The Morgan fingerprint density at radius 3 is 2.63 bits per heavy atom. The maximum absolute atomic E-state index is 14.2. The van der Waals surface area contributed by atoms with Crippen molar-refractivity contribution >= 4 is 17.3 Å². The lowest BCUT2D eigenvalue weighted by atomic mass is 10.2. The van der Waals surface area contributed by atoms with E-state index in [0.717, 1.165) is 11.6 Å². The molecule has 0 aromatic heterocycles. The summed E-state index contributed by atoms with van der Waals surface area (Å²) in [4.78, 5) is 24.3. The Hall–Kier alpha value is -3.23. The van der Waals surface area contributed by atoms with E-state index in [1.165, 1.54) is 25.3 Å². The molecule has 0 bridgehead atoms. The van der Waals surface area contributed by atoms with Crippen LogP contribution in [0, 0.1) is 21.7 Å². The van der Waals surface area contributed by atoms with Crippen molar-refractivity contribution in [2.75, 3.05) is 19.0 Å². The molecule has 3 rings (SSSR count). The van der Waals surface area contributed by atoms with Gasteiger partial charge in [0.15, 0.2) is 11.6 Å². The van der Waals surface area contributed by atoms with Crippen LogP contribution < -0.4 is 10.1 Å². The number of hydrogen-bond donors (Lipinski definition) is 1. The number of nitrogens with one attached hydrogen (secondary N) is 1. The molecule has 1 aliphatic rings. The summed E-state index contributed by atoms with van der Waals surface area (Å²) in [7, 11) is 1.25. The molecule has 0 spiro atoms. The van der Waals surface area contributed by atoms with Gasteiger partial charge in [-0.25, -0.2) is 8.78 Å². The van der Waals surface area contributed by atoms with E-state index in [1.807, 2.05) is 0 Å². The molecular formula is C18H17F2N3O4. The molecular weight excluding hydrogens is 360 g/mol. The van der Waals surface area contributed by atoms with Crippen molar-refractivity contribution in [2.45, 2.75) is 19.0 Å². The molecule has 1 heterocycles. The molecule has 1 N–H and O–H groups in total. The third kappa shape index (κ3) is 3.97. The van der Waals surface area contributed by atoms with Crippen molar-refractivity contribution in [3.05, 3.63) is 63.7 Å². The predicted octanol–water partition coefficient (Wildman–Crippen LogP) is 3.09. The van der Waals surface area contributed by atoms with Gasteiger partial charge in [0.25, 0.3) is 0 Å². The van der Waals surface area contributed by atoms with E-state index in [1.54, 1.807) is 17.0 Å². The Kier molecular flexibility index (Phi) is 5.20. The van der Waals surface area contributed by atoms with Gasteiger partial charge in [0.05, 0.1) is 23.8 Å². The second kappa shape index (κ2) is 7.56. The van der Waals surface area contributed by atoms with Crippen molar-refractivity contribution in [3.63, 3.8) is 0 Å². The molecule has 0 radical (unpaired) electrons. The van der Waals surface area contributed by atoms with Gasteiger partial charge in [-0.2, -0.15) is 0 Å². The number of carbonyl (C=O) groups is 1. The number of nitrogens with zero attached hydrogens (tertiary/aromatic N) is 2. The molecule has 7 nitrogen and oxygen atoms in total. The molecule has 1 fully saturated rings. The highest BCUT2D eigenvalue weighted by molar-refractivity contribution is 5.87. The molecule has 1 atom stereocenters. The molecule has 2 aromatic rings. The molecule has 27 heavy (non-hydrogen) atoms. The zero-order chi connectivity index (χ0) is 19.6. The zero-order valence-electron chi connectivity index (χ0n) is 14.4. The first-order valence-electron chi connectivity index (χ1n) is 8.20. The van der Waals surface area contributed by atoms with Crippen LogP contribution >= 0.6 is 0 Å². The number of likely N-dealkylation sites (tertiary alicyclic amines) is 1. The van der Waals surface area contributed by atoms with Crippen molar-refractivity contribution in [1.29, 1.82) is 0 Å². The SMILES string of the molecule is COc1cc(NC2CCN(Cc3ccc(F)cc3)C2=O)c(F)cc1[N+](=O)[O-]. The Morgan fingerprint density at radius 1 is 1.30 bits per heavy atom. The Morgan fingerprint density at radius 2 is 2.00 bits per heavy atom. The summed E-state index contributed by atoms with van der Waals surface area (Å²) in [6.45, 7) is 0.781. The first-order chi connectivity index (χ1) is 12.9. The smallest absolute Gasteiger partial charge is 0.313 e. The highest BCUT2D eigenvalue weighted by Gasteiger charge is 2.32. The summed E-state index contributed by atoms with van der Waals surface area (Å²) in [6.07, 6.45) is 0.443. The molecule has 9 heteroatoms. The predicted molar refractivity (Wildman–Crippen MR) is 93.5 cm³/mol. The van der Waals surface area contributed by atoms with Gasteiger partial charge in [0.1, 0.15) is 11.9 Å². The van der Waals surface area contributed by atoms with Crippen molar-refractivity contribution in [1.82, 2.24) is 4.90 Å². The maximum atomic E-state index is 14.2. The lowest BCUT2D eigenvalue weighted by Crippen LogP contribution is -2.33. The molecule has 1 aliphatic heterocycles. The van der Waals surface area contributed by atoms with Crippen LogP contribution in [-0.2, 0) is 11.3 Å². The first-order valence-corrected chi connectivity index (χ1v) is 8.20. The fourth-order valence-electron chi connectivity index (χ4n) is 2.99. The average Bonchev–Trinajstić information content (AvgIpc) is 2.98. The minimum Gasteiger partial charge on any atom is -0.490 e. The van der Waals surface area contributed by atoms with Crippen molar-refractivity contribution in [3.8, 4) is 5.75 Å². The third-order valence-electron chi connectivity index (χ3n) is 4.38. The summed E-state index contributed by atoms with van der Waals surface area (Å²) in [5.41, 5.74) is 0.254. The molecule has 0 saturated carbocycles. The minimum absolute atomic E-state index is 0.0422. The number of carbonyl (C=O) groups excluding carboxylic acids is 1. The fraction of sp³-hybridized carbons (Fsp3) is 0.278. The van der Waals surface area contributed by atoms with Gasteiger partial charge in [-0.05, 0) is 24.1 Å². The number of benzene rings is 2. The number of rotatable bonds is 6. The number of nitro benzene ring substituents is 1. The number of nitro groups is 1. The minimum atomic E-state index is -0.840. The van der Waals surface area contributed by atoms with E-state index < -0.39 is 22.5 Å². The highest BCUT2D eigenvalue weighted by Crippen LogP contribution is 2.33. The van der Waals surface area contributed by atoms with Crippen LogP contribution in [-0.4, -0.2) is 35.4 Å². The second-order valence-corrected chi connectivity index (χ2v) is 6.13. The average molecular weight is 377 g/mol. The summed E-state index contributed by atoms with van der Waals surface area (Å²) in [6, 6.07) is 7.12. The lowest BCUT2D eigenvalue weighted by Gasteiger charge is -2.18. The number of amides is 1. The van der Waals surface area contributed by atoms with Crippen LogP contribution in [0.25, 0.3) is 0 Å². The highest BCUT2D eigenvalue weighted by atomic mass is 19.1.